The fourth-order valence-corrected chi connectivity index (χ4v) is 1.56. The lowest BCUT2D eigenvalue weighted by molar-refractivity contribution is 0.307. The minimum absolute atomic E-state index is 1.06. The Balaban J connectivity index is 2.64. The zero-order chi connectivity index (χ0) is 10.4. The first-order valence-corrected chi connectivity index (χ1v) is 5.65. The van der Waals surface area contributed by atoms with E-state index in [1.807, 2.05) is 13.0 Å². The van der Waals surface area contributed by atoms with E-state index in [0.29, 0.717) is 0 Å². The van der Waals surface area contributed by atoms with E-state index in [-0.39, 0.29) is 0 Å². The summed E-state index contributed by atoms with van der Waals surface area (Å²) in [4.78, 5) is 2.34. The minimum atomic E-state index is 1.06. The summed E-state index contributed by atoms with van der Waals surface area (Å²) in [7, 11) is 0. The molecule has 1 aliphatic rings. The summed E-state index contributed by atoms with van der Waals surface area (Å²) in [6.45, 7) is 10.1. The number of hydrogen-bond donors (Lipinski definition) is 1. The van der Waals surface area contributed by atoms with Crippen LogP contribution >= 0.6 is 15.9 Å². The van der Waals surface area contributed by atoms with Gasteiger partial charge in [-0.1, -0.05) is 28.6 Å². The van der Waals surface area contributed by atoms with Crippen molar-refractivity contribution >= 4 is 15.9 Å². The maximum Gasteiger partial charge on any atom is 0.0361 e. The number of halogens is 1. The van der Waals surface area contributed by atoms with E-state index in [1.165, 1.54) is 5.70 Å². The molecule has 1 heterocycles. The zero-order valence-electron chi connectivity index (χ0n) is 8.59. The Hall–Kier alpha value is -0.540. The second-order valence-corrected chi connectivity index (χ2v) is 4.54. The highest BCUT2D eigenvalue weighted by molar-refractivity contribution is 9.11. The van der Waals surface area contributed by atoms with Crippen molar-refractivity contribution in [2.24, 2.45) is 0 Å². The molecule has 1 N–H and O–H groups in total. The predicted molar refractivity (Wildman–Crippen MR) is 65.4 cm³/mol. The summed E-state index contributed by atoms with van der Waals surface area (Å²) in [6.07, 6.45) is 6.07. The van der Waals surface area contributed by atoms with Gasteiger partial charge in [-0.05, 0) is 23.6 Å². The summed E-state index contributed by atoms with van der Waals surface area (Å²) in [5, 5.41) is 3.33. The van der Waals surface area contributed by atoms with Gasteiger partial charge < -0.3 is 10.2 Å². The molecule has 0 saturated carbocycles. The molecule has 0 bridgehead atoms. The molecule has 1 fully saturated rings. The molecule has 0 spiro atoms. The van der Waals surface area contributed by atoms with E-state index in [1.54, 1.807) is 0 Å². The Labute approximate surface area is 94.5 Å². The standard InChI is InChI=1S/C11H17BrN2/c1-3-11(5-4-10(2)12)14-8-6-13-7-9-14/h3-5,13H,1,6-9H2,2H3/b10-4+,11-5+. The van der Waals surface area contributed by atoms with Crippen LogP contribution in [0.5, 0.6) is 0 Å². The summed E-state index contributed by atoms with van der Waals surface area (Å²) in [6, 6.07) is 0. The normalized spacial score (nSPS) is 19.7. The molecule has 0 aromatic heterocycles. The minimum Gasteiger partial charge on any atom is -0.369 e. The van der Waals surface area contributed by atoms with E-state index in [0.717, 1.165) is 30.7 Å². The molecule has 0 atom stereocenters. The number of rotatable bonds is 3. The Bertz CT molecular complexity index is 246. The number of allylic oxidation sites excluding steroid dienone is 4. The molecule has 1 aliphatic heterocycles. The smallest absolute Gasteiger partial charge is 0.0361 e. The molecule has 0 aliphatic carbocycles. The number of hydrogen-bond acceptors (Lipinski definition) is 2. The van der Waals surface area contributed by atoms with Crippen molar-refractivity contribution in [1.29, 1.82) is 0 Å². The molecule has 0 amide bonds. The Morgan fingerprint density at radius 2 is 2.00 bits per heavy atom. The average molecular weight is 257 g/mol. The molecule has 78 valence electrons. The van der Waals surface area contributed by atoms with Gasteiger partial charge in [0.1, 0.15) is 0 Å². The number of piperazine rings is 1. The van der Waals surface area contributed by atoms with Gasteiger partial charge in [0.15, 0.2) is 0 Å². The first-order valence-electron chi connectivity index (χ1n) is 4.86. The summed E-state index contributed by atoms with van der Waals surface area (Å²) in [5.41, 5.74) is 1.20. The third-order valence-corrected chi connectivity index (χ3v) is 2.44. The Morgan fingerprint density at radius 3 is 2.50 bits per heavy atom. The van der Waals surface area contributed by atoms with Crippen LogP contribution < -0.4 is 5.32 Å². The summed E-state index contributed by atoms with van der Waals surface area (Å²) in [5.74, 6) is 0. The van der Waals surface area contributed by atoms with Gasteiger partial charge in [0.05, 0.1) is 0 Å². The SMILES string of the molecule is C=C/C(=C\C=C(/C)Br)N1CCNCC1. The third-order valence-electron chi connectivity index (χ3n) is 2.18. The molecule has 0 unspecified atom stereocenters. The van der Waals surface area contributed by atoms with Crippen LogP contribution in [0.1, 0.15) is 6.92 Å². The first-order chi connectivity index (χ1) is 6.74. The largest absolute Gasteiger partial charge is 0.369 e. The molecule has 0 aromatic carbocycles. The van der Waals surface area contributed by atoms with Crippen LogP contribution in [0.15, 0.2) is 35.0 Å². The molecular weight excluding hydrogens is 240 g/mol. The van der Waals surface area contributed by atoms with Crippen molar-refractivity contribution in [3.63, 3.8) is 0 Å². The van der Waals surface area contributed by atoms with E-state index in [4.69, 9.17) is 0 Å². The molecule has 0 radical (unpaired) electrons. The highest BCUT2D eigenvalue weighted by Gasteiger charge is 2.09. The van der Waals surface area contributed by atoms with Crippen LogP contribution in [0.25, 0.3) is 0 Å². The zero-order valence-corrected chi connectivity index (χ0v) is 10.2. The molecule has 3 heteroatoms. The van der Waals surface area contributed by atoms with E-state index >= 15 is 0 Å². The molecule has 14 heavy (non-hydrogen) atoms. The Kier molecular flexibility index (Phi) is 4.98. The molecular formula is C11H17BrN2. The van der Waals surface area contributed by atoms with Crippen molar-refractivity contribution in [2.75, 3.05) is 26.2 Å². The maximum absolute atomic E-state index is 3.84. The second kappa shape index (κ2) is 6.04. The van der Waals surface area contributed by atoms with Crippen LogP contribution in [0, 0.1) is 0 Å². The van der Waals surface area contributed by atoms with Crippen molar-refractivity contribution < 1.29 is 0 Å². The van der Waals surface area contributed by atoms with Gasteiger partial charge in [-0.15, -0.1) is 0 Å². The van der Waals surface area contributed by atoms with Gasteiger partial charge >= 0.3 is 0 Å². The van der Waals surface area contributed by atoms with Crippen molar-refractivity contribution in [3.8, 4) is 0 Å². The Morgan fingerprint density at radius 1 is 1.36 bits per heavy atom. The van der Waals surface area contributed by atoms with Gasteiger partial charge in [-0.2, -0.15) is 0 Å². The molecule has 1 rings (SSSR count). The van der Waals surface area contributed by atoms with Gasteiger partial charge in [-0.25, -0.2) is 0 Å². The maximum atomic E-state index is 3.84. The van der Waals surface area contributed by atoms with E-state index in [2.05, 4.69) is 44.9 Å². The topological polar surface area (TPSA) is 15.3 Å². The predicted octanol–water partition coefficient (Wildman–Crippen LogP) is 2.26. The molecule has 2 nitrogen and oxygen atoms in total. The van der Waals surface area contributed by atoms with E-state index in [9.17, 15) is 0 Å². The second-order valence-electron chi connectivity index (χ2n) is 3.29. The lowest BCUT2D eigenvalue weighted by atomic mass is 10.2. The number of nitrogens with zero attached hydrogens (tertiary/aromatic N) is 1. The lowest BCUT2D eigenvalue weighted by Gasteiger charge is -2.30. The number of nitrogens with one attached hydrogen (secondary N) is 1. The van der Waals surface area contributed by atoms with Gasteiger partial charge in [0.25, 0.3) is 0 Å². The summed E-state index contributed by atoms with van der Waals surface area (Å²) < 4.78 is 1.13. The van der Waals surface area contributed by atoms with Crippen molar-refractivity contribution in [2.45, 2.75) is 6.92 Å². The van der Waals surface area contributed by atoms with Crippen molar-refractivity contribution in [3.05, 3.63) is 35.0 Å². The van der Waals surface area contributed by atoms with Crippen LogP contribution in [0.4, 0.5) is 0 Å². The first kappa shape index (κ1) is 11.5. The quantitative estimate of drug-likeness (QED) is 0.780. The average Bonchev–Trinajstić information content (AvgIpc) is 2.20. The van der Waals surface area contributed by atoms with Crippen molar-refractivity contribution in [1.82, 2.24) is 10.2 Å². The lowest BCUT2D eigenvalue weighted by Crippen LogP contribution is -2.42. The van der Waals surface area contributed by atoms with Crippen LogP contribution in [-0.4, -0.2) is 31.1 Å². The van der Waals surface area contributed by atoms with Crippen LogP contribution in [-0.2, 0) is 0 Å². The van der Waals surface area contributed by atoms with Crippen LogP contribution in [0.3, 0.4) is 0 Å². The monoisotopic (exact) mass is 256 g/mol. The third kappa shape index (κ3) is 3.68. The summed E-state index contributed by atoms with van der Waals surface area (Å²) >= 11 is 3.41. The molecule has 0 aromatic rings. The van der Waals surface area contributed by atoms with E-state index < -0.39 is 0 Å². The van der Waals surface area contributed by atoms with Crippen LogP contribution in [0.2, 0.25) is 0 Å². The fourth-order valence-electron chi connectivity index (χ4n) is 1.43. The highest BCUT2D eigenvalue weighted by atomic mass is 79.9. The highest BCUT2D eigenvalue weighted by Crippen LogP contribution is 2.09. The van der Waals surface area contributed by atoms with Gasteiger partial charge in [0.2, 0.25) is 0 Å². The molecule has 1 saturated heterocycles. The van der Waals surface area contributed by atoms with Gasteiger partial charge in [-0.3, -0.25) is 0 Å². The fraction of sp³-hybridized carbons (Fsp3) is 0.455. The van der Waals surface area contributed by atoms with Gasteiger partial charge in [0, 0.05) is 31.9 Å².